The standard InChI is InChI=1S/C13H23N3O2/c1-3-6-11(17-4-2)13-15-12(18-16-13)9-10-7-5-8-14-10/h10-11,14H,3-9H2,1-2H3. The van der Waals surface area contributed by atoms with E-state index in [-0.39, 0.29) is 6.10 Å². The Balaban J connectivity index is 1.94. The van der Waals surface area contributed by atoms with Crippen LogP contribution in [0.1, 0.15) is 57.3 Å². The molecule has 0 bridgehead atoms. The molecule has 2 rings (SSSR count). The largest absolute Gasteiger partial charge is 0.370 e. The zero-order valence-corrected chi connectivity index (χ0v) is 11.3. The molecule has 0 aliphatic carbocycles. The Morgan fingerprint density at radius 1 is 1.50 bits per heavy atom. The molecule has 2 atom stereocenters. The summed E-state index contributed by atoms with van der Waals surface area (Å²) in [7, 11) is 0. The Bertz CT molecular complexity index is 342. The molecule has 0 saturated carbocycles. The summed E-state index contributed by atoms with van der Waals surface area (Å²) >= 11 is 0. The van der Waals surface area contributed by atoms with Gasteiger partial charge in [-0.1, -0.05) is 18.5 Å². The van der Waals surface area contributed by atoms with Crippen molar-refractivity contribution in [2.45, 2.75) is 58.1 Å². The summed E-state index contributed by atoms with van der Waals surface area (Å²) in [5.41, 5.74) is 0. The molecule has 0 aromatic carbocycles. The zero-order valence-electron chi connectivity index (χ0n) is 11.3. The Morgan fingerprint density at radius 3 is 3.06 bits per heavy atom. The highest BCUT2D eigenvalue weighted by Crippen LogP contribution is 2.20. The molecule has 1 aliphatic heterocycles. The molecule has 1 aromatic rings. The lowest BCUT2D eigenvalue weighted by atomic mass is 10.1. The minimum absolute atomic E-state index is 0.0194. The van der Waals surface area contributed by atoms with Crippen LogP contribution in [-0.2, 0) is 11.2 Å². The molecule has 1 aliphatic rings. The molecule has 1 fully saturated rings. The molecule has 2 unspecified atom stereocenters. The number of hydrogen-bond donors (Lipinski definition) is 1. The third-order valence-electron chi connectivity index (χ3n) is 3.27. The molecular formula is C13H23N3O2. The minimum atomic E-state index is -0.0194. The molecule has 2 heterocycles. The lowest BCUT2D eigenvalue weighted by Gasteiger charge is -2.11. The second kappa shape index (κ2) is 6.85. The first-order chi connectivity index (χ1) is 8.83. The molecule has 5 nitrogen and oxygen atoms in total. The molecular weight excluding hydrogens is 230 g/mol. The van der Waals surface area contributed by atoms with Gasteiger partial charge in [-0.15, -0.1) is 0 Å². The van der Waals surface area contributed by atoms with Gasteiger partial charge in [0.25, 0.3) is 0 Å². The number of nitrogens with zero attached hydrogens (tertiary/aromatic N) is 2. The smallest absolute Gasteiger partial charge is 0.228 e. The third-order valence-corrected chi connectivity index (χ3v) is 3.27. The van der Waals surface area contributed by atoms with Crippen LogP contribution in [0, 0.1) is 0 Å². The van der Waals surface area contributed by atoms with Crippen LogP contribution in [0.25, 0.3) is 0 Å². The van der Waals surface area contributed by atoms with Gasteiger partial charge in [-0.3, -0.25) is 0 Å². The lowest BCUT2D eigenvalue weighted by Crippen LogP contribution is -2.23. The van der Waals surface area contributed by atoms with E-state index in [1.54, 1.807) is 0 Å². The average molecular weight is 253 g/mol. The van der Waals surface area contributed by atoms with Crippen LogP contribution >= 0.6 is 0 Å². The average Bonchev–Trinajstić information content (AvgIpc) is 3.01. The van der Waals surface area contributed by atoms with Crippen molar-refractivity contribution in [3.8, 4) is 0 Å². The normalized spacial score (nSPS) is 21.3. The van der Waals surface area contributed by atoms with Crippen LogP contribution in [0.4, 0.5) is 0 Å². The number of aromatic nitrogens is 2. The Kier molecular flexibility index (Phi) is 5.13. The maximum absolute atomic E-state index is 5.65. The van der Waals surface area contributed by atoms with Gasteiger partial charge in [0, 0.05) is 19.1 Å². The van der Waals surface area contributed by atoms with E-state index in [4.69, 9.17) is 9.26 Å². The fourth-order valence-electron chi connectivity index (χ4n) is 2.37. The van der Waals surface area contributed by atoms with Gasteiger partial charge < -0.3 is 14.6 Å². The van der Waals surface area contributed by atoms with Crippen molar-refractivity contribution in [2.75, 3.05) is 13.2 Å². The second-order valence-corrected chi connectivity index (χ2v) is 4.78. The van der Waals surface area contributed by atoms with Gasteiger partial charge in [0.2, 0.25) is 11.7 Å². The topological polar surface area (TPSA) is 60.2 Å². The summed E-state index contributed by atoms with van der Waals surface area (Å²) < 4.78 is 11.0. The van der Waals surface area contributed by atoms with Crippen molar-refractivity contribution in [2.24, 2.45) is 0 Å². The van der Waals surface area contributed by atoms with Crippen LogP contribution in [0.15, 0.2) is 4.52 Å². The number of rotatable bonds is 7. The van der Waals surface area contributed by atoms with E-state index in [2.05, 4.69) is 22.4 Å². The number of nitrogens with one attached hydrogen (secondary N) is 1. The van der Waals surface area contributed by atoms with Gasteiger partial charge in [0.05, 0.1) is 0 Å². The zero-order chi connectivity index (χ0) is 12.8. The van der Waals surface area contributed by atoms with Crippen molar-refractivity contribution in [1.82, 2.24) is 15.5 Å². The molecule has 0 radical (unpaired) electrons. The molecule has 102 valence electrons. The van der Waals surface area contributed by atoms with E-state index in [1.165, 1.54) is 12.8 Å². The van der Waals surface area contributed by atoms with Crippen molar-refractivity contribution < 1.29 is 9.26 Å². The first-order valence-corrected chi connectivity index (χ1v) is 7.01. The van der Waals surface area contributed by atoms with Crippen LogP contribution in [-0.4, -0.2) is 29.3 Å². The lowest BCUT2D eigenvalue weighted by molar-refractivity contribution is 0.0478. The molecule has 18 heavy (non-hydrogen) atoms. The van der Waals surface area contributed by atoms with E-state index in [0.717, 1.165) is 31.7 Å². The minimum Gasteiger partial charge on any atom is -0.370 e. The Hall–Kier alpha value is -0.940. The highest BCUT2D eigenvalue weighted by molar-refractivity contribution is 4.94. The van der Waals surface area contributed by atoms with E-state index in [0.29, 0.717) is 18.5 Å². The Morgan fingerprint density at radius 2 is 2.39 bits per heavy atom. The summed E-state index contributed by atoms with van der Waals surface area (Å²) in [6.45, 7) is 5.91. The van der Waals surface area contributed by atoms with Crippen molar-refractivity contribution in [1.29, 1.82) is 0 Å². The van der Waals surface area contributed by atoms with Crippen molar-refractivity contribution in [3.63, 3.8) is 0 Å². The fourth-order valence-corrected chi connectivity index (χ4v) is 2.37. The van der Waals surface area contributed by atoms with Crippen molar-refractivity contribution in [3.05, 3.63) is 11.7 Å². The quantitative estimate of drug-likeness (QED) is 0.807. The molecule has 1 saturated heterocycles. The number of ether oxygens (including phenoxy) is 1. The molecule has 1 N–H and O–H groups in total. The molecule has 0 amide bonds. The third kappa shape index (κ3) is 3.53. The van der Waals surface area contributed by atoms with Crippen LogP contribution in [0.5, 0.6) is 0 Å². The summed E-state index contributed by atoms with van der Waals surface area (Å²) in [4.78, 5) is 4.47. The molecule has 5 heteroatoms. The van der Waals surface area contributed by atoms with Crippen LogP contribution in [0.2, 0.25) is 0 Å². The van der Waals surface area contributed by atoms with Gasteiger partial charge in [-0.05, 0) is 32.7 Å². The van der Waals surface area contributed by atoms with E-state index >= 15 is 0 Å². The number of hydrogen-bond acceptors (Lipinski definition) is 5. The maximum atomic E-state index is 5.65. The summed E-state index contributed by atoms with van der Waals surface area (Å²) in [5, 5.41) is 7.49. The first kappa shape index (κ1) is 13.5. The highest BCUT2D eigenvalue weighted by atomic mass is 16.5. The van der Waals surface area contributed by atoms with Crippen LogP contribution in [0.3, 0.4) is 0 Å². The predicted molar refractivity (Wildman–Crippen MR) is 68.3 cm³/mol. The SMILES string of the molecule is CCCC(OCC)c1noc(CC2CCCN2)n1. The maximum Gasteiger partial charge on any atom is 0.228 e. The van der Waals surface area contributed by atoms with Gasteiger partial charge in [-0.25, -0.2) is 0 Å². The summed E-state index contributed by atoms with van der Waals surface area (Å²) in [6, 6.07) is 0.495. The molecule has 0 spiro atoms. The summed E-state index contributed by atoms with van der Waals surface area (Å²) in [5.74, 6) is 1.43. The van der Waals surface area contributed by atoms with Gasteiger partial charge in [0.15, 0.2) is 0 Å². The van der Waals surface area contributed by atoms with E-state index in [1.807, 2.05) is 6.92 Å². The Labute approximate surface area is 108 Å². The first-order valence-electron chi connectivity index (χ1n) is 7.01. The fraction of sp³-hybridized carbons (Fsp3) is 0.846. The molecule has 1 aromatic heterocycles. The highest BCUT2D eigenvalue weighted by Gasteiger charge is 2.21. The predicted octanol–water partition coefficient (Wildman–Crippen LogP) is 2.24. The summed E-state index contributed by atoms with van der Waals surface area (Å²) in [6.07, 6.45) is 5.24. The monoisotopic (exact) mass is 253 g/mol. The van der Waals surface area contributed by atoms with Gasteiger partial charge in [-0.2, -0.15) is 4.98 Å². The van der Waals surface area contributed by atoms with E-state index in [9.17, 15) is 0 Å². The van der Waals surface area contributed by atoms with Gasteiger partial charge >= 0.3 is 0 Å². The second-order valence-electron chi connectivity index (χ2n) is 4.78. The van der Waals surface area contributed by atoms with Crippen LogP contribution < -0.4 is 5.32 Å². The van der Waals surface area contributed by atoms with Crippen molar-refractivity contribution >= 4 is 0 Å². The van der Waals surface area contributed by atoms with E-state index < -0.39 is 0 Å². The van der Waals surface area contributed by atoms with Gasteiger partial charge in [0.1, 0.15) is 6.10 Å².